The standard InChI is InChI=1S/C11H8Br2N4O2/c12-5-3-6(13)10(7(14)4-5)15-11(19)8-1-2-9(18)17-16-8/h1-4H,14H2,(H,15,19)(H,17,18). The SMILES string of the molecule is Nc1cc(Br)cc(Br)c1NC(=O)c1ccc(=O)[nH]n1. The van der Waals surface area contributed by atoms with Crippen LogP contribution in [-0.2, 0) is 0 Å². The molecular weight excluding hydrogens is 380 g/mol. The van der Waals surface area contributed by atoms with Crippen molar-refractivity contribution in [1.82, 2.24) is 10.2 Å². The summed E-state index contributed by atoms with van der Waals surface area (Å²) in [5.41, 5.74) is 6.38. The van der Waals surface area contributed by atoms with Crippen molar-refractivity contribution in [2.45, 2.75) is 0 Å². The Labute approximate surface area is 124 Å². The Kier molecular flexibility index (Phi) is 4.01. The molecule has 2 aromatic rings. The van der Waals surface area contributed by atoms with Crippen LogP contribution in [0.25, 0.3) is 0 Å². The van der Waals surface area contributed by atoms with Gasteiger partial charge in [0.05, 0.1) is 11.4 Å². The number of H-pyrrole nitrogens is 1. The molecule has 4 N–H and O–H groups in total. The second-order valence-electron chi connectivity index (χ2n) is 3.61. The summed E-state index contributed by atoms with van der Waals surface area (Å²) >= 11 is 6.60. The van der Waals surface area contributed by atoms with Gasteiger partial charge >= 0.3 is 0 Å². The predicted octanol–water partition coefficient (Wildman–Crippen LogP) is 2.13. The number of nitrogens with two attached hydrogens (primary N) is 1. The quantitative estimate of drug-likeness (QED) is 0.687. The minimum absolute atomic E-state index is 0.0915. The molecule has 0 unspecified atom stereocenters. The first-order chi connectivity index (χ1) is 8.97. The number of aromatic nitrogens is 2. The molecule has 0 aliphatic carbocycles. The van der Waals surface area contributed by atoms with E-state index in [0.717, 1.165) is 4.47 Å². The van der Waals surface area contributed by atoms with E-state index in [9.17, 15) is 9.59 Å². The summed E-state index contributed by atoms with van der Waals surface area (Å²) in [5, 5.41) is 8.45. The normalized spacial score (nSPS) is 10.2. The molecular formula is C11H8Br2N4O2. The lowest BCUT2D eigenvalue weighted by molar-refractivity contribution is 0.102. The van der Waals surface area contributed by atoms with E-state index in [4.69, 9.17) is 5.73 Å². The van der Waals surface area contributed by atoms with E-state index in [1.807, 2.05) is 0 Å². The number of benzene rings is 1. The molecule has 0 atom stereocenters. The van der Waals surface area contributed by atoms with Crippen LogP contribution >= 0.6 is 31.9 Å². The molecule has 0 radical (unpaired) electrons. The number of carbonyl (C=O) groups is 1. The number of carbonyl (C=O) groups excluding carboxylic acids is 1. The molecule has 0 fully saturated rings. The zero-order valence-electron chi connectivity index (χ0n) is 9.41. The van der Waals surface area contributed by atoms with Crippen LogP contribution in [0.2, 0.25) is 0 Å². The third-order valence-electron chi connectivity index (χ3n) is 2.24. The van der Waals surface area contributed by atoms with Crippen molar-refractivity contribution in [2.24, 2.45) is 0 Å². The van der Waals surface area contributed by atoms with Crippen molar-refractivity contribution in [1.29, 1.82) is 0 Å². The molecule has 1 aromatic heterocycles. The molecule has 1 amide bonds. The topological polar surface area (TPSA) is 101 Å². The molecule has 19 heavy (non-hydrogen) atoms. The van der Waals surface area contributed by atoms with Crippen LogP contribution in [0.15, 0.2) is 38.0 Å². The van der Waals surface area contributed by atoms with Crippen molar-refractivity contribution >= 4 is 49.1 Å². The summed E-state index contributed by atoms with van der Waals surface area (Å²) in [7, 11) is 0. The van der Waals surface area contributed by atoms with Crippen LogP contribution in [0.5, 0.6) is 0 Å². The van der Waals surface area contributed by atoms with Crippen LogP contribution in [0.4, 0.5) is 11.4 Å². The van der Waals surface area contributed by atoms with Gasteiger partial charge < -0.3 is 11.1 Å². The number of halogens is 2. The van der Waals surface area contributed by atoms with Crippen LogP contribution in [0.1, 0.15) is 10.5 Å². The van der Waals surface area contributed by atoms with E-state index < -0.39 is 5.91 Å². The monoisotopic (exact) mass is 386 g/mol. The molecule has 0 saturated heterocycles. The van der Waals surface area contributed by atoms with Crippen LogP contribution in [-0.4, -0.2) is 16.1 Å². The Morgan fingerprint density at radius 3 is 2.63 bits per heavy atom. The van der Waals surface area contributed by atoms with Gasteiger partial charge in [-0.1, -0.05) is 15.9 Å². The van der Waals surface area contributed by atoms with Crippen LogP contribution < -0.4 is 16.6 Å². The summed E-state index contributed by atoms with van der Waals surface area (Å²) in [6, 6.07) is 5.98. The van der Waals surface area contributed by atoms with Crippen molar-refractivity contribution in [3.63, 3.8) is 0 Å². The number of nitrogen functional groups attached to an aromatic ring is 1. The number of hydrogen-bond donors (Lipinski definition) is 3. The Hall–Kier alpha value is -1.67. The summed E-state index contributed by atoms with van der Waals surface area (Å²) in [5.74, 6) is -0.467. The van der Waals surface area contributed by atoms with Gasteiger partial charge in [-0.3, -0.25) is 9.59 Å². The predicted molar refractivity (Wildman–Crippen MR) is 79.1 cm³/mol. The van der Waals surface area contributed by atoms with E-state index in [2.05, 4.69) is 47.4 Å². The van der Waals surface area contributed by atoms with Gasteiger partial charge in [-0.2, -0.15) is 5.10 Å². The third-order valence-corrected chi connectivity index (χ3v) is 3.32. The highest BCUT2D eigenvalue weighted by Gasteiger charge is 2.13. The number of nitrogens with one attached hydrogen (secondary N) is 2. The highest BCUT2D eigenvalue weighted by molar-refractivity contribution is 9.11. The second kappa shape index (κ2) is 5.54. The maximum atomic E-state index is 11.9. The summed E-state index contributed by atoms with van der Waals surface area (Å²) in [4.78, 5) is 22.8. The number of aromatic amines is 1. The van der Waals surface area contributed by atoms with Crippen molar-refractivity contribution in [3.05, 3.63) is 49.3 Å². The Morgan fingerprint density at radius 1 is 1.32 bits per heavy atom. The van der Waals surface area contributed by atoms with Crippen molar-refractivity contribution in [2.75, 3.05) is 11.1 Å². The van der Waals surface area contributed by atoms with E-state index in [1.165, 1.54) is 12.1 Å². The maximum Gasteiger partial charge on any atom is 0.276 e. The summed E-state index contributed by atoms with van der Waals surface area (Å²) in [6.45, 7) is 0. The molecule has 0 aliphatic heterocycles. The average Bonchev–Trinajstić information content (AvgIpc) is 2.34. The zero-order valence-corrected chi connectivity index (χ0v) is 12.6. The van der Waals surface area contributed by atoms with E-state index in [-0.39, 0.29) is 11.3 Å². The summed E-state index contributed by atoms with van der Waals surface area (Å²) < 4.78 is 1.43. The average molecular weight is 388 g/mol. The molecule has 6 nitrogen and oxygen atoms in total. The fourth-order valence-corrected chi connectivity index (χ4v) is 2.73. The molecule has 0 saturated carbocycles. The lowest BCUT2D eigenvalue weighted by Gasteiger charge is -2.10. The molecule has 98 valence electrons. The Bertz CT molecular complexity index is 656. The smallest absolute Gasteiger partial charge is 0.276 e. The second-order valence-corrected chi connectivity index (χ2v) is 5.38. The molecule has 1 heterocycles. The van der Waals surface area contributed by atoms with E-state index in [0.29, 0.717) is 15.8 Å². The zero-order chi connectivity index (χ0) is 14.0. The van der Waals surface area contributed by atoms with Gasteiger partial charge in [0, 0.05) is 15.0 Å². The largest absolute Gasteiger partial charge is 0.397 e. The summed E-state index contributed by atoms with van der Waals surface area (Å²) in [6.07, 6.45) is 0. The first kappa shape index (κ1) is 13.8. The molecule has 2 rings (SSSR count). The fourth-order valence-electron chi connectivity index (χ4n) is 1.37. The first-order valence-corrected chi connectivity index (χ1v) is 6.67. The van der Waals surface area contributed by atoms with E-state index >= 15 is 0 Å². The van der Waals surface area contributed by atoms with Gasteiger partial charge in [0.1, 0.15) is 5.69 Å². The first-order valence-electron chi connectivity index (χ1n) is 5.09. The highest BCUT2D eigenvalue weighted by Crippen LogP contribution is 2.32. The minimum Gasteiger partial charge on any atom is -0.397 e. The van der Waals surface area contributed by atoms with Gasteiger partial charge in [0.2, 0.25) is 0 Å². The van der Waals surface area contributed by atoms with Gasteiger partial charge in [0.25, 0.3) is 11.5 Å². The molecule has 0 bridgehead atoms. The molecule has 8 heteroatoms. The molecule has 0 aliphatic rings. The number of hydrogen-bond acceptors (Lipinski definition) is 4. The lowest BCUT2D eigenvalue weighted by Crippen LogP contribution is -2.18. The maximum absolute atomic E-state index is 11.9. The Balaban J connectivity index is 2.29. The van der Waals surface area contributed by atoms with Gasteiger partial charge in [-0.25, -0.2) is 5.10 Å². The number of nitrogens with zero attached hydrogens (tertiary/aromatic N) is 1. The minimum atomic E-state index is -0.467. The third kappa shape index (κ3) is 3.21. The number of anilines is 2. The number of rotatable bonds is 2. The highest BCUT2D eigenvalue weighted by atomic mass is 79.9. The van der Waals surface area contributed by atoms with Crippen LogP contribution in [0, 0.1) is 0 Å². The van der Waals surface area contributed by atoms with Crippen molar-refractivity contribution < 1.29 is 4.79 Å². The van der Waals surface area contributed by atoms with E-state index in [1.54, 1.807) is 12.1 Å². The Morgan fingerprint density at radius 2 is 2.05 bits per heavy atom. The lowest BCUT2D eigenvalue weighted by atomic mass is 10.2. The number of amides is 1. The van der Waals surface area contributed by atoms with Gasteiger partial charge in [-0.15, -0.1) is 0 Å². The van der Waals surface area contributed by atoms with Gasteiger partial charge in [-0.05, 0) is 34.1 Å². The van der Waals surface area contributed by atoms with Gasteiger partial charge in [0.15, 0.2) is 0 Å². The molecule has 0 spiro atoms. The van der Waals surface area contributed by atoms with Crippen molar-refractivity contribution in [3.8, 4) is 0 Å². The van der Waals surface area contributed by atoms with Crippen LogP contribution in [0.3, 0.4) is 0 Å². The molecule has 1 aromatic carbocycles. The fraction of sp³-hybridized carbons (Fsp3) is 0.